The molecular weight excluding hydrogens is 342 g/mol. The number of benzene rings is 1. The third kappa shape index (κ3) is 2.88. The van der Waals surface area contributed by atoms with Crippen molar-refractivity contribution in [2.45, 2.75) is 66.8 Å². The molecule has 0 aliphatic carbocycles. The first-order chi connectivity index (χ1) is 13.5. The van der Waals surface area contributed by atoms with Crippen molar-refractivity contribution in [1.29, 1.82) is 0 Å². The predicted octanol–water partition coefficient (Wildman–Crippen LogP) is 6.08. The minimum absolute atomic E-state index is 0.589. The largest absolute Gasteiger partial charge is 0.367 e. The Morgan fingerprint density at radius 2 is 1.71 bits per heavy atom. The van der Waals surface area contributed by atoms with E-state index in [2.05, 4.69) is 64.6 Å². The van der Waals surface area contributed by atoms with Gasteiger partial charge in [0, 0.05) is 35.4 Å². The molecule has 3 aromatic rings. The second-order valence-corrected chi connectivity index (χ2v) is 8.27. The second-order valence-electron chi connectivity index (χ2n) is 8.27. The van der Waals surface area contributed by atoms with E-state index in [1.807, 2.05) is 6.20 Å². The summed E-state index contributed by atoms with van der Waals surface area (Å²) < 4.78 is 0. The molecule has 28 heavy (non-hydrogen) atoms. The zero-order valence-corrected chi connectivity index (χ0v) is 18.1. The fourth-order valence-electron chi connectivity index (χ4n) is 5.13. The van der Waals surface area contributed by atoms with E-state index in [0.717, 1.165) is 29.9 Å². The first-order valence-corrected chi connectivity index (χ1v) is 10.6. The van der Waals surface area contributed by atoms with Gasteiger partial charge in [-0.3, -0.25) is 9.97 Å². The maximum absolute atomic E-state index is 5.08. The van der Waals surface area contributed by atoms with Crippen LogP contribution in [0.1, 0.15) is 54.6 Å². The van der Waals surface area contributed by atoms with Gasteiger partial charge in [-0.2, -0.15) is 0 Å². The van der Waals surface area contributed by atoms with Gasteiger partial charge >= 0.3 is 0 Å². The highest BCUT2D eigenvalue weighted by atomic mass is 15.2. The molecule has 0 N–H and O–H groups in total. The van der Waals surface area contributed by atoms with Crippen molar-refractivity contribution < 1.29 is 0 Å². The highest BCUT2D eigenvalue weighted by Gasteiger charge is 2.29. The van der Waals surface area contributed by atoms with Crippen LogP contribution in [-0.4, -0.2) is 22.6 Å². The molecule has 0 saturated heterocycles. The Hall–Kier alpha value is -2.42. The number of rotatable bonds is 4. The van der Waals surface area contributed by atoms with Crippen LogP contribution in [0.2, 0.25) is 0 Å². The van der Waals surface area contributed by atoms with Gasteiger partial charge in [0.1, 0.15) is 0 Å². The number of aromatic nitrogens is 2. The van der Waals surface area contributed by atoms with E-state index in [9.17, 15) is 0 Å². The number of aryl methyl sites for hydroxylation is 4. The van der Waals surface area contributed by atoms with Crippen molar-refractivity contribution in [2.75, 3.05) is 11.4 Å². The third-order valence-electron chi connectivity index (χ3n) is 6.37. The summed E-state index contributed by atoms with van der Waals surface area (Å²) in [4.78, 5) is 12.5. The summed E-state index contributed by atoms with van der Waals surface area (Å²) in [7, 11) is 0. The van der Waals surface area contributed by atoms with Crippen LogP contribution in [0.3, 0.4) is 0 Å². The molecule has 3 heteroatoms. The van der Waals surface area contributed by atoms with Gasteiger partial charge in [-0.15, -0.1) is 0 Å². The summed E-state index contributed by atoms with van der Waals surface area (Å²) in [6, 6.07) is 7.26. The maximum Gasteiger partial charge on any atom is 0.0989 e. The van der Waals surface area contributed by atoms with E-state index in [1.54, 1.807) is 0 Å². The Morgan fingerprint density at radius 1 is 1.04 bits per heavy atom. The molecule has 0 atom stereocenters. The fourth-order valence-corrected chi connectivity index (χ4v) is 5.13. The van der Waals surface area contributed by atoms with E-state index in [0.29, 0.717) is 6.04 Å². The summed E-state index contributed by atoms with van der Waals surface area (Å²) in [5.41, 5.74) is 11.1. The van der Waals surface area contributed by atoms with Crippen LogP contribution in [0.25, 0.3) is 22.2 Å². The topological polar surface area (TPSA) is 29.0 Å². The second kappa shape index (κ2) is 7.20. The van der Waals surface area contributed by atoms with Crippen molar-refractivity contribution in [3.8, 4) is 11.3 Å². The van der Waals surface area contributed by atoms with Gasteiger partial charge in [0.15, 0.2) is 0 Å². The molecule has 0 amide bonds. The molecule has 0 radical (unpaired) electrons. The van der Waals surface area contributed by atoms with Crippen LogP contribution < -0.4 is 4.90 Å². The van der Waals surface area contributed by atoms with Gasteiger partial charge in [0.2, 0.25) is 0 Å². The highest BCUT2D eigenvalue weighted by Crippen LogP contribution is 2.41. The van der Waals surface area contributed by atoms with Gasteiger partial charge in [0.25, 0.3) is 0 Å². The fraction of sp³-hybridized carbons (Fsp3) is 0.440. The monoisotopic (exact) mass is 373 g/mol. The third-order valence-corrected chi connectivity index (χ3v) is 6.37. The van der Waals surface area contributed by atoms with Crippen LogP contribution in [0.15, 0.2) is 24.4 Å². The number of fused-ring (bicyclic) bond motifs is 3. The first-order valence-electron chi connectivity index (χ1n) is 10.6. The van der Waals surface area contributed by atoms with Gasteiger partial charge in [-0.05, 0) is 69.7 Å². The van der Waals surface area contributed by atoms with Gasteiger partial charge < -0.3 is 4.90 Å². The van der Waals surface area contributed by atoms with Crippen molar-refractivity contribution in [1.82, 2.24) is 9.97 Å². The first kappa shape index (κ1) is 18.9. The SMILES string of the molecule is CCC(CC)N1CCc2c(C)nc3c(-c4c(C)cc(C)cc4C)nccc3c21. The summed E-state index contributed by atoms with van der Waals surface area (Å²) in [5, 5.41) is 1.26. The van der Waals surface area contributed by atoms with Crippen molar-refractivity contribution in [3.05, 3.63) is 52.3 Å². The number of hydrogen-bond donors (Lipinski definition) is 0. The number of anilines is 1. The molecule has 0 unspecified atom stereocenters. The molecule has 3 nitrogen and oxygen atoms in total. The highest BCUT2D eigenvalue weighted by molar-refractivity contribution is 6.02. The molecule has 0 bridgehead atoms. The summed E-state index contributed by atoms with van der Waals surface area (Å²) in [5.74, 6) is 0. The number of nitrogens with zero attached hydrogens (tertiary/aromatic N) is 3. The van der Waals surface area contributed by atoms with Crippen molar-refractivity contribution in [3.63, 3.8) is 0 Å². The minimum atomic E-state index is 0.589. The molecule has 0 fully saturated rings. The van der Waals surface area contributed by atoms with Gasteiger partial charge in [-0.1, -0.05) is 31.5 Å². The quantitative estimate of drug-likeness (QED) is 0.555. The summed E-state index contributed by atoms with van der Waals surface area (Å²) in [6.07, 6.45) is 5.41. The summed E-state index contributed by atoms with van der Waals surface area (Å²) in [6.45, 7) is 14.4. The molecule has 0 spiro atoms. The lowest BCUT2D eigenvalue weighted by atomic mass is 9.95. The van der Waals surface area contributed by atoms with E-state index in [1.165, 1.54) is 51.7 Å². The maximum atomic E-state index is 5.08. The van der Waals surface area contributed by atoms with E-state index >= 15 is 0 Å². The summed E-state index contributed by atoms with van der Waals surface area (Å²) >= 11 is 0. The number of hydrogen-bond acceptors (Lipinski definition) is 3. The van der Waals surface area contributed by atoms with Crippen molar-refractivity contribution >= 4 is 16.6 Å². The normalized spacial score (nSPS) is 13.6. The molecule has 2 aromatic heterocycles. The molecule has 0 saturated carbocycles. The average Bonchev–Trinajstić information content (AvgIpc) is 3.09. The smallest absolute Gasteiger partial charge is 0.0989 e. The molecule has 146 valence electrons. The Kier molecular flexibility index (Phi) is 4.86. The number of pyridine rings is 2. The lowest BCUT2D eigenvalue weighted by Crippen LogP contribution is -2.32. The average molecular weight is 374 g/mol. The van der Waals surface area contributed by atoms with E-state index in [4.69, 9.17) is 9.97 Å². The van der Waals surface area contributed by atoms with E-state index < -0.39 is 0 Å². The van der Waals surface area contributed by atoms with Gasteiger partial charge in [-0.25, -0.2) is 0 Å². The lowest BCUT2D eigenvalue weighted by molar-refractivity contribution is 0.572. The molecule has 1 aliphatic heterocycles. The van der Waals surface area contributed by atoms with Crippen LogP contribution >= 0.6 is 0 Å². The lowest BCUT2D eigenvalue weighted by Gasteiger charge is -2.30. The Bertz CT molecular complexity index is 1020. The Balaban J connectivity index is 2.02. The van der Waals surface area contributed by atoms with Crippen LogP contribution in [0.4, 0.5) is 5.69 Å². The molecule has 3 heterocycles. The van der Waals surface area contributed by atoms with Crippen molar-refractivity contribution in [2.24, 2.45) is 0 Å². The van der Waals surface area contributed by atoms with Crippen LogP contribution in [0.5, 0.6) is 0 Å². The molecular formula is C25H31N3. The van der Waals surface area contributed by atoms with E-state index in [-0.39, 0.29) is 0 Å². The van der Waals surface area contributed by atoms with Crippen LogP contribution in [-0.2, 0) is 6.42 Å². The molecule has 1 aliphatic rings. The Morgan fingerprint density at radius 3 is 2.36 bits per heavy atom. The zero-order valence-electron chi connectivity index (χ0n) is 18.1. The Labute approximate surface area is 168 Å². The zero-order chi connectivity index (χ0) is 20.0. The molecule has 4 rings (SSSR count). The minimum Gasteiger partial charge on any atom is -0.367 e. The van der Waals surface area contributed by atoms with Gasteiger partial charge in [0.05, 0.1) is 16.9 Å². The van der Waals surface area contributed by atoms with Crippen LogP contribution in [0, 0.1) is 27.7 Å². The predicted molar refractivity (Wildman–Crippen MR) is 119 cm³/mol. The molecule has 1 aromatic carbocycles. The standard InChI is InChI=1S/C25H31N3/c1-7-19(8-2)28-12-10-20-18(6)27-23-21(25(20)28)9-11-26-24(23)22-16(4)13-15(3)14-17(22)5/h9,11,13-14,19H,7-8,10,12H2,1-6H3.